The lowest BCUT2D eigenvalue weighted by atomic mass is 9.97. The maximum atomic E-state index is 6.52. The molecule has 5 heterocycles. The Kier molecular flexibility index (Phi) is 7.65. The number of nitrogens with zero attached hydrogens (tertiary/aromatic N) is 4. The fourth-order valence-electron chi connectivity index (χ4n) is 10.4. The molecule has 0 aliphatic carbocycles. The summed E-state index contributed by atoms with van der Waals surface area (Å²) < 4.78 is 21.7. The Morgan fingerprint density at radius 2 is 0.735 bits per heavy atom. The van der Waals surface area contributed by atoms with Gasteiger partial charge in [-0.05, 0) is 113 Å². The molecule has 7 nitrogen and oxygen atoms in total. The van der Waals surface area contributed by atoms with Crippen molar-refractivity contribution in [1.29, 1.82) is 0 Å². The van der Waals surface area contributed by atoms with E-state index in [2.05, 4.69) is 150 Å². The van der Waals surface area contributed by atoms with E-state index in [1.54, 1.807) is 0 Å². The first kappa shape index (κ1) is 36.9. The molecule has 5 aromatic heterocycles. The molecular formula is C61H34N4O3. The number of para-hydroxylation sites is 4. The minimum atomic E-state index is 0.522. The Balaban J connectivity index is 0.991. The summed E-state index contributed by atoms with van der Waals surface area (Å²) in [6.07, 6.45) is 0. The monoisotopic (exact) mass is 870 g/mol. The van der Waals surface area contributed by atoms with Crippen LogP contribution in [0.5, 0.6) is 0 Å². The third kappa shape index (κ3) is 5.56. The molecule has 0 aliphatic heterocycles. The predicted molar refractivity (Wildman–Crippen MR) is 275 cm³/mol. The third-order valence-corrected chi connectivity index (χ3v) is 13.6. The van der Waals surface area contributed by atoms with Gasteiger partial charge in [-0.15, -0.1) is 0 Å². The molecule has 0 bridgehead atoms. The van der Waals surface area contributed by atoms with Gasteiger partial charge >= 0.3 is 0 Å². The van der Waals surface area contributed by atoms with E-state index >= 15 is 0 Å². The molecule has 0 radical (unpaired) electrons. The Labute approximate surface area is 386 Å². The van der Waals surface area contributed by atoms with Gasteiger partial charge in [-0.2, -0.15) is 0 Å². The highest BCUT2D eigenvalue weighted by atomic mass is 16.3. The Bertz CT molecular complexity index is 4460. The number of rotatable bonds is 5. The van der Waals surface area contributed by atoms with Crippen LogP contribution >= 0.6 is 0 Å². The molecule has 0 aliphatic rings. The number of fused-ring (bicyclic) bond motifs is 13. The van der Waals surface area contributed by atoms with Crippen molar-refractivity contribution in [2.45, 2.75) is 0 Å². The lowest BCUT2D eigenvalue weighted by Gasteiger charge is -2.16. The number of hydrogen-bond acceptors (Lipinski definition) is 6. The Morgan fingerprint density at radius 3 is 1.32 bits per heavy atom. The standard InChI is InChI=1S/C61H34N4O3/c1-2-12-36-30-52-50(29-35(36)11-1)41-13-3-7-17-51(41)65(52)40-24-28-48(49(34-40)37-21-25-45-42-14-4-8-18-53(42)66-56(45)31-37)61-63-59(38-22-26-46-43-15-5-9-19-54(43)67-57(46)32-38)62-60(64-61)39-23-27-47-44-16-6-10-20-55(44)68-58(47)33-39/h1-34H. The van der Waals surface area contributed by atoms with Gasteiger partial charge in [0.2, 0.25) is 0 Å². The van der Waals surface area contributed by atoms with Crippen molar-refractivity contribution in [2.24, 2.45) is 0 Å². The predicted octanol–water partition coefficient (Wildman–Crippen LogP) is 16.5. The maximum Gasteiger partial charge on any atom is 0.164 e. The summed E-state index contributed by atoms with van der Waals surface area (Å²) >= 11 is 0. The minimum Gasteiger partial charge on any atom is -0.456 e. The average Bonchev–Trinajstić information content (AvgIpc) is 4.16. The molecule has 68 heavy (non-hydrogen) atoms. The number of hydrogen-bond donors (Lipinski definition) is 0. The van der Waals surface area contributed by atoms with E-state index in [9.17, 15) is 0 Å². The smallest absolute Gasteiger partial charge is 0.164 e. The topological polar surface area (TPSA) is 83.0 Å². The third-order valence-electron chi connectivity index (χ3n) is 13.6. The van der Waals surface area contributed by atoms with Gasteiger partial charge in [0.1, 0.15) is 33.5 Å². The highest BCUT2D eigenvalue weighted by Gasteiger charge is 2.22. The van der Waals surface area contributed by atoms with E-state index in [4.69, 9.17) is 28.2 Å². The van der Waals surface area contributed by atoms with E-state index in [0.717, 1.165) is 110 Å². The van der Waals surface area contributed by atoms with Crippen LogP contribution in [0, 0.1) is 0 Å². The quantitative estimate of drug-likeness (QED) is 0.171. The number of furan rings is 3. The normalized spacial score (nSPS) is 12.1. The van der Waals surface area contributed by atoms with Gasteiger partial charge < -0.3 is 17.8 Å². The van der Waals surface area contributed by atoms with Crippen LogP contribution in [-0.4, -0.2) is 19.5 Å². The van der Waals surface area contributed by atoms with Crippen LogP contribution in [0.25, 0.3) is 149 Å². The molecule has 15 aromatic rings. The van der Waals surface area contributed by atoms with Gasteiger partial charge in [0.15, 0.2) is 17.5 Å². The number of benzene rings is 10. The summed E-state index contributed by atoms with van der Waals surface area (Å²) in [5.41, 5.74) is 12.5. The van der Waals surface area contributed by atoms with E-state index in [1.807, 2.05) is 60.7 Å². The van der Waals surface area contributed by atoms with Gasteiger partial charge in [0, 0.05) is 65.5 Å². The summed E-state index contributed by atoms with van der Waals surface area (Å²) in [7, 11) is 0. The van der Waals surface area contributed by atoms with Crippen molar-refractivity contribution in [3.63, 3.8) is 0 Å². The van der Waals surface area contributed by atoms with Crippen molar-refractivity contribution in [3.8, 4) is 51.0 Å². The first-order chi connectivity index (χ1) is 33.6. The zero-order chi connectivity index (χ0) is 44.5. The fraction of sp³-hybridized carbons (Fsp3) is 0. The average molecular weight is 871 g/mol. The molecule has 0 spiro atoms. The van der Waals surface area contributed by atoms with Crippen molar-refractivity contribution in [1.82, 2.24) is 19.5 Å². The summed E-state index contributed by atoms with van der Waals surface area (Å²) in [5, 5.41) is 11.1. The largest absolute Gasteiger partial charge is 0.456 e. The SMILES string of the molecule is c1ccc2cc3c(cc2c1)c1ccccc1n3-c1ccc(-c2nc(-c3ccc4c(c3)oc3ccccc34)nc(-c3ccc4c(c3)oc3ccccc34)n2)c(-c2ccc3c(c2)oc2ccccc23)c1. The van der Waals surface area contributed by atoms with Crippen LogP contribution in [0.3, 0.4) is 0 Å². The second kappa shape index (κ2) is 14.1. The lowest BCUT2D eigenvalue weighted by Crippen LogP contribution is -2.02. The first-order valence-electron chi connectivity index (χ1n) is 22.7. The van der Waals surface area contributed by atoms with Crippen LogP contribution in [0.1, 0.15) is 0 Å². The van der Waals surface area contributed by atoms with E-state index in [0.29, 0.717) is 17.5 Å². The van der Waals surface area contributed by atoms with Crippen molar-refractivity contribution in [2.75, 3.05) is 0 Å². The lowest BCUT2D eigenvalue weighted by molar-refractivity contribution is 0.668. The molecule has 316 valence electrons. The van der Waals surface area contributed by atoms with Gasteiger partial charge in [-0.25, -0.2) is 15.0 Å². The fourth-order valence-corrected chi connectivity index (χ4v) is 10.4. The second-order valence-corrected chi connectivity index (χ2v) is 17.5. The summed E-state index contributed by atoms with van der Waals surface area (Å²) in [5.74, 6) is 1.57. The zero-order valence-electron chi connectivity index (χ0n) is 36.1. The summed E-state index contributed by atoms with van der Waals surface area (Å²) in [6.45, 7) is 0. The van der Waals surface area contributed by atoms with Gasteiger partial charge in [-0.3, -0.25) is 0 Å². The second-order valence-electron chi connectivity index (χ2n) is 17.5. The van der Waals surface area contributed by atoms with Crippen LogP contribution in [0.15, 0.2) is 220 Å². The number of aromatic nitrogens is 4. The highest BCUT2D eigenvalue weighted by Crippen LogP contribution is 2.42. The molecule has 0 atom stereocenters. The van der Waals surface area contributed by atoms with Crippen LogP contribution in [0.2, 0.25) is 0 Å². The van der Waals surface area contributed by atoms with Crippen molar-refractivity contribution in [3.05, 3.63) is 206 Å². The zero-order valence-corrected chi connectivity index (χ0v) is 36.1. The Hall–Kier alpha value is -9.33. The molecule has 0 unspecified atom stereocenters. The summed E-state index contributed by atoms with van der Waals surface area (Å²) in [6, 6.07) is 71.7. The maximum absolute atomic E-state index is 6.52. The van der Waals surface area contributed by atoms with E-state index in [1.165, 1.54) is 21.5 Å². The molecule has 15 rings (SSSR count). The molecule has 0 fully saturated rings. The molecule has 0 saturated heterocycles. The summed E-state index contributed by atoms with van der Waals surface area (Å²) in [4.78, 5) is 15.9. The molecule has 7 heteroatoms. The van der Waals surface area contributed by atoms with Gasteiger partial charge in [-0.1, -0.05) is 115 Å². The highest BCUT2D eigenvalue weighted by molar-refractivity contribution is 6.14. The van der Waals surface area contributed by atoms with Crippen molar-refractivity contribution < 1.29 is 13.3 Å². The molecule has 0 saturated carbocycles. The minimum absolute atomic E-state index is 0.522. The first-order valence-corrected chi connectivity index (χ1v) is 22.7. The van der Waals surface area contributed by atoms with Crippen LogP contribution in [-0.2, 0) is 0 Å². The molecule has 0 amide bonds. The van der Waals surface area contributed by atoms with Gasteiger partial charge in [0.05, 0.1) is 11.0 Å². The van der Waals surface area contributed by atoms with Crippen LogP contribution in [0.4, 0.5) is 0 Å². The Morgan fingerprint density at radius 1 is 0.279 bits per heavy atom. The molecular weight excluding hydrogens is 837 g/mol. The molecule has 10 aromatic carbocycles. The van der Waals surface area contributed by atoms with Crippen molar-refractivity contribution >= 4 is 98.4 Å². The van der Waals surface area contributed by atoms with Gasteiger partial charge in [0.25, 0.3) is 0 Å². The van der Waals surface area contributed by atoms with E-state index < -0.39 is 0 Å². The van der Waals surface area contributed by atoms with E-state index in [-0.39, 0.29) is 0 Å². The van der Waals surface area contributed by atoms with Crippen LogP contribution < -0.4 is 0 Å². The molecule has 0 N–H and O–H groups in total.